The first kappa shape index (κ1) is 21.8. The van der Waals surface area contributed by atoms with Crippen molar-refractivity contribution in [2.75, 3.05) is 26.0 Å². The van der Waals surface area contributed by atoms with Gasteiger partial charge < -0.3 is 20.2 Å². The minimum absolute atomic E-state index is 0.630. The summed E-state index contributed by atoms with van der Waals surface area (Å²) < 4.78 is 5.36. The van der Waals surface area contributed by atoms with Gasteiger partial charge in [-0.2, -0.15) is 5.26 Å². The molecular formula is C22H27N3O2. The number of benzene rings is 1. The van der Waals surface area contributed by atoms with Gasteiger partial charge in [0.2, 0.25) is 0 Å². The summed E-state index contributed by atoms with van der Waals surface area (Å²) in [6.07, 6.45) is 9.38. The van der Waals surface area contributed by atoms with E-state index in [1.807, 2.05) is 56.5 Å². The van der Waals surface area contributed by atoms with Crippen molar-refractivity contribution in [2.24, 2.45) is 0 Å². The maximum Gasteiger partial charge on any atom is 0.117 e. The molecule has 2 rings (SSSR count). The minimum Gasteiger partial charge on any atom is -0.497 e. The lowest BCUT2D eigenvalue weighted by Gasteiger charge is -2.13. The third-order valence-corrected chi connectivity index (χ3v) is 3.74. The predicted molar refractivity (Wildman–Crippen MR) is 111 cm³/mol. The summed E-state index contributed by atoms with van der Waals surface area (Å²) in [5.41, 5.74) is 4.47. The molecule has 0 saturated heterocycles. The van der Waals surface area contributed by atoms with Crippen LogP contribution in [-0.2, 0) is 9.53 Å². The quantitative estimate of drug-likeness (QED) is 0.584. The van der Waals surface area contributed by atoms with Crippen molar-refractivity contribution >= 4 is 18.0 Å². The average Bonchev–Trinajstić information content (AvgIpc) is 2.89. The molecule has 1 aliphatic rings. The summed E-state index contributed by atoms with van der Waals surface area (Å²) in [7, 11) is 3.54. The van der Waals surface area contributed by atoms with Crippen LogP contribution in [-0.4, -0.2) is 27.0 Å². The second-order valence-corrected chi connectivity index (χ2v) is 5.53. The lowest BCUT2D eigenvalue weighted by atomic mass is 10.00. The molecule has 0 bridgehead atoms. The largest absolute Gasteiger partial charge is 0.497 e. The van der Waals surface area contributed by atoms with Gasteiger partial charge in [0.05, 0.1) is 18.8 Å². The minimum atomic E-state index is 0.630. The number of methoxy groups -OCH3 is 1. The Labute approximate surface area is 161 Å². The summed E-state index contributed by atoms with van der Waals surface area (Å²) in [4.78, 5) is 8.81. The molecule has 0 heterocycles. The zero-order valence-electron chi connectivity index (χ0n) is 16.4. The van der Waals surface area contributed by atoms with Crippen LogP contribution in [0.25, 0.3) is 6.08 Å². The van der Waals surface area contributed by atoms with E-state index in [9.17, 15) is 5.26 Å². The molecule has 1 aliphatic carbocycles. The maximum atomic E-state index is 9.67. The van der Waals surface area contributed by atoms with E-state index in [0.717, 1.165) is 47.5 Å². The number of carbonyl (C=O) groups is 1. The number of ether oxygens (including phenoxy) is 1. The first-order valence-electron chi connectivity index (χ1n) is 8.83. The van der Waals surface area contributed by atoms with Crippen LogP contribution in [0.1, 0.15) is 25.8 Å². The van der Waals surface area contributed by atoms with Gasteiger partial charge in [-0.15, -0.1) is 0 Å². The standard InChI is InChI=1S/C20H23N3O.C2H4O/c1-4-23-20-13-18(24-3)6-5-7-19(20)16(14-21)12-15-8-10-17(22-2)11-9-15;1-2-3/h6-13,22-23H,4-5H2,1-3H3;2H,1H3/b16-12+;. The fourth-order valence-electron chi connectivity index (χ4n) is 2.50. The predicted octanol–water partition coefficient (Wildman–Crippen LogP) is 4.19. The van der Waals surface area contributed by atoms with Crippen LogP contribution in [0.2, 0.25) is 0 Å². The molecule has 0 spiro atoms. The van der Waals surface area contributed by atoms with Crippen LogP contribution in [0.5, 0.6) is 0 Å². The molecule has 0 radical (unpaired) electrons. The van der Waals surface area contributed by atoms with E-state index < -0.39 is 0 Å². The second kappa shape index (κ2) is 12.2. The van der Waals surface area contributed by atoms with E-state index in [1.54, 1.807) is 7.11 Å². The molecular weight excluding hydrogens is 338 g/mol. The summed E-state index contributed by atoms with van der Waals surface area (Å²) in [6, 6.07) is 10.3. The highest BCUT2D eigenvalue weighted by molar-refractivity contribution is 5.69. The third kappa shape index (κ3) is 6.87. The van der Waals surface area contributed by atoms with Crippen LogP contribution in [0, 0.1) is 11.3 Å². The summed E-state index contributed by atoms with van der Waals surface area (Å²) in [5.74, 6) is 0.799. The number of hydrogen-bond donors (Lipinski definition) is 2. The molecule has 0 fully saturated rings. The van der Waals surface area contributed by atoms with E-state index >= 15 is 0 Å². The van der Waals surface area contributed by atoms with E-state index in [0.29, 0.717) is 5.57 Å². The lowest BCUT2D eigenvalue weighted by Crippen LogP contribution is -2.15. The van der Waals surface area contributed by atoms with Crippen LogP contribution >= 0.6 is 0 Å². The Kier molecular flexibility index (Phi) is 9.80. The van der Waals surface area contributed by atoms with Gasteiger partial charge in [-0.05, 0) is 50.1 Å². The number of anilines is 1. The highest BCUT2D eigenvalue weighted by Gasteiger charge is 2.13. The number of likely N-dealkylation sites (N-methyl/N-ethyl adjacent to an activating group) is 1. The van der Waals surface area contributed by atoms with Crippen molar-refractivity contribution in [3.63, 3.8) is 0 Å². The molecule has 0 aromatic heterocycles. The van der Waals surface area contributed by atoms with E-state index in [2.05, 4.69) is 22.8 Å². The zero-order chi connectivity index (χ0) is 20.1. The highest BCUT2D eigenvalue weighted by Crippen LogP contribution is 2.25. The van der Waals surface area contributed by atoms with Gasteiger partial charge in [-0.25, -0.2) is 0 Å². The second-order valence-electron chi connectivity index (χ2n) is 5.53. The average molecular weight is 365 g/mol. The summed E-state index contributed by atoms with van der Waals surface area (Å²) in [6.45, 7) is 4.25. The number of rotatable bonds is 6. The van der Waals surface area contributed by atoms with Crippen molar-refractivity contribution in [1.29, 1.82) is 5.26 Å². The van der Waals surface area contributed by atoms with Crippen molar-refractivity contribution in [3.05, 3.63) is 70.7 Å². The number of carbonyl (C=O) groups excluding carboxylic acids is 1. The van der Waals surface area contributed by atoms with Gasteiger partial charge in [-0.3, -0.25) is 0 Å². The van der Waals surface area contributed by atoms with Gasteiger partial charge in [0.1, 0.15) is 12.0 Å². The summed E-state index contributed by atoms with van der Waals surface area (Å²) >= 11 is 0. The molecule has 0 unspecified atom stereocenters. The van der Waals surface area contributed by atoms with Crippen molar-refractivity contribution < 1.29 is 9.53 Å². The van der Waals surface area contributed by atoms with Crippen LogP contribution in [0.15, 0.2) is 65.1 Å². The normalized spacial score (nSPS) is 13.4. The van der Waals surface area contributed by atoms with Gasteiger partial charge in [0, 0.05) is 36.6 Å². The Morgan fingerprint density at radius 1 is 1.30 bits per heavy atom. The highest BCUT2D eigenvalue weighted by atomic mass is 16.5. The van der Waals surface area contributed by atoms with E-state index in [1.165, 1.54) is 6.92 Å². The topological polar surface area (TPSA) is 74.1 Å². The fraction of sp³-hybridized carbons (Fsp3) is 0.273. The van der Waals surface area contributed by atoms with Crippen molar-refractivity contribution in [3.8, 4) is 6.07 Å². The van der Waals surface area contributed by atoms with Gasteiger partial charge >= 0.3 is 0 Å². The molecule has 142 valence electrons. The van der Waals surface area contributed by atoms with Crippen LogP contribution < -0.4 is 10.6 Å². The van der Waals surface area contributed by atoms with Crippen molar-refractivity contribution in [1.82, 2.24) is 5.32 Å². The maximum absolute atomic E-state index is 9.67. The zero-order valence-corrected chi connectivity index (χ0v) is 16.4. The smallest absolute Gasteiger partial charge is 0.117 e. The number of hydrogen-bond acceptors (Lipinski definition) is 5. The molecule has 0 amide bonds. The number of nitrogens with zero attached hydrogens (tertiary/aromatic N) is 1. The van der Waals surface area contributed by atoms with Crippen LogP contribution in [0.4, 0.5) is 5.69 Å². The summed E-state index contributed by atoms with van der Waals surface area (Å²) in [5, 5.41) is 16.1. The monoisotopic (exact) mass is 365 g/mol. The number of aldehydes is 1. The fourth-order valence-corrected chi connectivity index (χ4v) is 2.50. The number of nitriles is 1. The molecule has 27 heavy (non-hydrogen) atoms. The van der Waals surface area contributed by atoms with Crippen LogP contribution in [0.3, 0.4) is 0 Å². The Morgan fingerprint density at radius 2 is 1.96 bits per heavy atom. The number of nitrogens with one attached hydrogen (secondary N) is 2. The van der Waals surface area contributed by atoms with Crippen molar-refractivity contribution in [2.45, 2.75) is 20.3 Å². The Morgan fingerprint density at radius 3 is 2.48 bits per heavy atom. The van der Waals surface area contributed by atoms with Gasteiger partial charge in [-0.1, -0.05) is 18.2 Å². The molecule has 5 heteroatoms. The molecule has 0 atom stereocenters. The van der Waals surface area contributed by atoms with Gasteiger partial charge in [0.15, 0.2) is 0 Å². The Balaban J connectivity index is 0.00000114. The lowest BCUT2D eigenvalue weighted by molar-refractivity contribution is -0.106. The Bertz CT molecular complexity index is 779. The van der Waals surface area contributed by atoms with E-state index in [-0.39, 0.29) is 0 Å². The molecule has 0 saturated carbocycles. The molecule has 5 nitrogen and oxygen atoms in total. The SMILES string of the molecule is CC=O.CCNC1=CC(OC)=CCC=C1/C(C#N)=C/c1ccc(NC)cc1. The molecule has 1 aromatic rings. The van der Waals surface area contributed by atoms with E-state index in [4.69, 9.17) is 9.53 Å². The first-order chi connectivity index (χ1) is 13.1. The van der Waals surface area contributed by atoms with Gasteiger partial charge in [0.25, 0.3) is 0 Å². The Hall–Kier alpha value is -3.26. The first-order valence-corrected chi connectivity index (χ1v) is 8.83. The molecule has 1 aromatic carbocycles. The molecule has 0 aliphatic heterocycles. The molecule has 2 N–H and O–H groups in total. The third-order valence-electron chi connectivity index (χ3n) is 3.74. The number of allylic oxidation sites excluding steroid dienone is 4.